The van der Waals surface area contributed by atoms with Crippen LogP contribution in [0.5, 0.6) is 0 Å². The molecule has 2 amide bonds. The van der Waals surface area contributed by atoms with Gasteiger partial charge in [0.25, 0.3) is 5.91 Å². The van der Waals surface area contributed by atoms with Crippen LogP contribution in [0.15, 0.2) is 5.38 Å². The molecule has 0 aromatic carbocycles. The summed E-state index contributed by atoms with van der Waals surface area (Å²) < 4.78 is 0. The van der Waals surface area contributed by atoms with Crippen molar-refractivity contribution in [3.8, 4) is 0 Å². The van der Waals surface area contributed by atoms with E-state index in [-0.39, 0.29) is 11.6 Å². The van der Waals surface area contributed by atoms with Gasteiger partial charge in [-0.25, -0.2) is 9.78 Å². The molecule has 0 radical (unpaired) electrons. The minimum Gasteiger partial charge on any atom is -0.480 e. The molecule has 110 valence electrons. The van der Waals surface area contributed by atoms with Crippen LogP contribution in [0.2, 0.25) is 0 Å². The Kier molecular flexibility index (Phi) is 6.46. The number of nitrogens with zero attached hydrogens (tertiary/aromatic N) is 1. The zero-order valence-electron chi connectivity index (χ0n) is 11.0. The summed E-state index contributed by atoms with van der Waals surface area (Å²) in [4.78, 5) is 37.7. The van der Waals surface area contributed by atoms with Gasteiger partial charge >= 0.3 is 5.97 Å². The van der Waals surface area contributed by atoms with Crippen molar-refractivity contribution in [3.63, 3.8) is 0 Å². The minimum atomic E-state index is -1.08. The van der Waals surface area contributed by atoms with Crippen molar-refractivity contribution in [2.75, 3.05) is 17.3 Å². The summed E-state index contributed by atoms with van der Waals surface area (Å²) in [6, 6.07) is -0.944. The molecule has 1 aromatic rings. The van der Waals surface area contributed by atoms with Crippen LogP contribution in [0, 0.1) is 0 Å². The Balaban J connectivity index is 2.66. The maximum atomic E-state index is 11.9. The second-order valence-electron chi connectivity index (χ2n) is 3.86. The third kappa shape index (κ3) is 5.17. The van der Waals surface area contributed by atoms with Crippen molar-refractivity contribution in [1.29, 1.82) is 0 Å². The van der Waals surface area contributed by atoms with Gasteiger partial charge < -0.3 is 15.7 Å². The Morgan fingerprint density at radius 3 is 2.75 bits per heavy atom. The van der Waals surface area contributed by atoms with E-state index in [2.05, 4.69) is 15.6 Å². The van der Waals surface area contributed by atoms with E-state index in [1.165, 1.54) is 24.1 Å². The highest BCUT2D eigenvalue weighted by molar-refractivity contribution is 7.98. The highest BCUT2D eigenvalue weighted by Crippen LogP contribution is 2.15. The van der Waals surface area contributed by atoms with Crippen molar-refractivity contribution < 1.29 is 19.5 Å². The van der Waals surface area contributed by atoms with Gasteiger partial charge in [0.1, 0.15) is 11.7 Å². The Morgan fingerprint density at radius 2 is 2.20 bits per heavy atom. The summed E-state index contributed by atoms with van der Waals surface area (Å²) in [7, 11) is 0. The number of thiazole rings is 1. The molecule has 1 heterocycles. The predicted octanol–water partition coefficient (Wildman–Crippen LogP) is 1.04. The standard InChI is InChI=1S/C11H15N3O4S2/c1-6(15)12-11-14-8(5-20-11)9(16)13-7(10(17)18)3-4-19-2/h5,7H,3-4H2,1-2H3,(H,13,16)(H,17,18)(H,12,14,15)/t7-/m0/s1. The number of nitrogens with one attached hydrogen (secondary N) is 2. The molecular weight excluding hydrogens is 302 g/mol. The number of aromatic nitrogens is 1. The van der Waals surface area contributed by atoms with Crippen molar-refractivity contribution in [1.82, 2.24) is 10.3 Å². The van der Waals surface area contributed by atoms with E-state index in [9.17, 15) is 14.4 Å². The second-order valence-corrected chi connectivity index (χ2v) is 5.71. The Hall–Kier alpha value is -1.61. The quantitative estimate of drug-likeness (QED) is 0.693. The topological polar surface area (TPSA) is 108 Å². The lowest BCUT2D eigenvalue weighted by Crippen LogP contribution is -2.41. The van der Waals surface area contributed by atoms with Gasteiger partial charge in [-0.3, -0.25) is 9.59 Å². The molecule has 0 saturated heterocycles. The van der Waals surface area contributed by atoms with Gasteiger partial charge in [-0.15, -0.1) is 11.3 Å². The molecular formula is C11H15N3O4S2. The molecule has 0 aliphatic carbocycles. The maximum absolute atomic E-state index is 11.9. The first-order valence-corrected chi connectivity index (χ1v) is 7.97. The van der Waals surface area contributed by atoms with E-state index >= 15 is 0 Å². The summed E-state index contributed by atoms with van der Waals surface area (Å²) in [5.41, 5.74) is 0.0918. The molecule has 1 aromatic heterocycles. The maximum Gasteiger partial charge on any atom is 0.326 e. The SMILES string of the molecule is CSCC[C@H](NC(=O)c1csc(NC(C)=O)n1)C(=O)O. The molecule has 0 bridgehead atoms. The van der Waals surface area contributed by atoms with Gasteiger partial charge in [-0.1, -0.05) is 0 Å². The molecule has 7 nitrogen and oxygen atoms in total. The lowest BCUT2D eigenvalue weighted by atomic mass is 10.2. The van der Waals surface area contributed by atoms with Crippen molar-refractivity contribution in [2.45, 2.75) is 19.4 Å². The summed E-state index contributed by atoms with van der Waals surface area (Å²) in [6.07, 6.45) is 2.20. The number of carboxylic acid groups (broad SMARTS) is 1. The molecule has 3 N–H and O–H groups in total. The smallest absolute Gasteiger partial charge is 0.326 e. The van der Waals surface area contributed by atoms with E-state index in [1.54, 1.807) is 0 Å². The number of carbonyl (C=O) groups excluding carboxylic acids is 2. The fourth-order valence-electron chi connectivity index (χ4n) is 1.31. The lowest BCUT2D eigenvalue weighted by Gasteiger charge is -2.12. The van der Waals surface area contributed by atoms with Gasteiger partial charge in [-0.2, -0.15) is 11.8 Å². The van der Waals surface area contributed by atoms with E-state index in [0.717, 1.165) is 11.3 Å². The van der Waals surface area contributed by atoms with Crippen LogP contribution in [0.1, 0.15) is 23.8 Å². The molecule has 0 saturated carbocycles. The highest BCUT2D eigenvalue weighted by atomic mass is 32.2. The number of anilines is 1. The fourth-order valence-corrected chi connectivity index (χ4v) is 2.52. The summed E-state index contributed by atoms with van der Waals surface area (Å²) >= 11 is 2.61. The molecule has 9 heteroatoms. The summed E-state index contributed by atoms with van der Waals surface area (Å²) in [5, 5.41) is 15.7. The van der Waals surface area contributed by atoms with Gasteiger partial charge in [0.2, 0.25) is 5.91 Å². The molecule has 1 rings (SSSR count). The van der Waals surface area contributed by atoms with Gasteiger partial charge in [0, 0.05) is 12.3 Å². The van der Waals surface area contributed by atoms with Crippen molar-refractivity contribution >= 4 is 46.0 Å². The molecule has 0 aliphatic rings. The number of carbonyl (C=O) groups is 3. The molecule has 0 spiro atoms. The van der Waals surface area contributed by atoms with Gasteiger partial charge in [0.05, 0.1) is 0 Å². The molecule has 20 heavy (non-hydrogen) atoms. The number of amides is 2. The van der Waals surface area contributed by atoms with Crippen LogP contribution >= 0.6 is 23.1 Å². The number of hydrogen-bond acceptors (Lipinski definition) is 6. The van der Waals surface area contributed by atoms with Crippen LogP contribution in [-0.2, 0) is 9.59 Å². The number of carboxylic acids is 1. The highest BCUT2D eigenvalue weighted by Gasteiger charge is 2.21. The monoisotopic (exact) mass is 317 g/mol. The Morgan fingerprint density at radius 1 is 1.50 bits per heavy atom. The van der Waals surface area contributed by atoms with Crippen LogP contribution in [-0.4, -0.2) is 45.9 Å². The Labute approximate surface area is 124 Å². The first kappa shape index (κ1) is 16.4. The van der Waals surface area contributed by atoms with Crippen LogP contribution in [0.25, 0.3) is 0 Å². The normalized spacial score (nSPS) is 11.7. The average molecular weight is 317 g/mol. The van der Waals surface area contributed by atoms with Crippen LogP contribution in [0.3, 0.4) is 0 Å². The second kappa shape index (κ2) is 7.85. The number of aliphatic carboxylic acids is 1. The number of thioether (sulfide) groups is 1. The largest absolute Gasteiger partial charge is 0.480 e. The molecule has 1 atom stereocenters. The zero-order chi connectivity index (χ0) is 15.1. The zero-order valence-corrected chi connectivity index (χ0v) is 12.6. The Bertz CT molecular complexity index is 504. The molecule has 0 unspecified atom stereocenters. The first-order chi connectivity index (χ1) is 9.43. The molecule has 0 aliphatic heterocycles. The van der Waals surface area contributed by atoms with E-state index < -0.39 is 17.9 Å². The van der Waals surface area contributed by atoms with Crippen molar-refractivity contribution in [3.05, 3.63) is 11.1 Å². The van der Waals surface area contributed by atoms with E-state index in [0.29, 0.717) is 17.3 Å². The number of hydrogen-bond donors (Lipinski definition) is 3. The van der Waals surface area contributed by atoms with E-state index in [4.69, 9.17) is 5.11 Å². The number of rotatable bonds is 7. The average Bonchev–Trinajstić information content (AvgIpc) is 2.81. The third-order valence-corrected chi connectivity index (χ3v) is 3.64. The molecule has 0 fully saturated rings. The van der Waals surface area contributed by atoms with Crippen LogP contribution in [0.4, 0.5) is 5.13 Å². The third-order valence-electron chi connectivity index (χ3n) is 2.23. The van der Waals surface area contributed by atoms with E-state index in [1.807, 2.05) is 6.26 Å². The summed E-state index contributed by atoms with van der Waals surface area (Å²) in [5.74, 6) is -1.29. The lowest BCUT2D eigenvalue weighted by molar-refractivity contribution is -0.139. The van der Waals surface area contributed by atoms with Crippen molar-refractivity contribution in [2.24, 2.45) is 0 Å². The van der Waals surface area contributed by atoms with Crippen LogP contribution < -0.4 is 10.6 Å². The predicted molar refractivity (Wildman–Crippen MR) is 78.3 cm³/mol. The van der Waals surface area contributed by atoms with Gasteiger partial charge in [-0.05, 0) is 18.4 Å². The minimum absolute atomic E-state index is 0.0918. The first-order valence-electron chi connectivity index (χ1n) is 5.69. The van der Waals surface area contributed by atoms with Gasteiger partial charge in [0.15, 0.2) is 5.13 Å². The summed E-state index contributed by atoms with van der Waals surface area (Å²) in [6.45, 7) is 1.34. The fraction of sp³-hybridized carbons (Fsp3) is 0.455.